The summed E-state index contributed by atoms with van der Waals surface area (Å²) in [7, 11) is -8.96. The molecule has 2 aliphatic heterocycles. The highest BCUT2D eigenvalue weighted by atomic mass is 32.2. The van der Waals surface area contributed by atoms with Crippen molar-refractivity contribution >= 4 is 38.3 Å². The number of rotatable bonds is 21. The summed E-state index contributed by atoms with van der Waals surface area (Å²) in [6.45, 7) is 8.47. The molecule has 8 N–H and O–H groups in total. The van der Waals surface area contributed by atoms with Crippen LogP contribution < -0.4 is 10.0 Å². The minimum Gasteiger partial charge on any atom is -0.479 e. The number of carbonyl (C=O) groups excluding carboxylic acids is 2. The number of hydrogen-bond donors (Lipinski definition) is 8. The molecule has 0 aromatic carbocycles. The first-order valence-electron chi connectivity index (χ1n) is 16.5. The van der Waals surface area contributed by atoms with E-state index < -0.39 is 116 Å². The first-order valence-corrected chi connectivity index (χ1v) is 19.6. The van der Waals surface area contributed by atoms with E-state index in [2.05, 4.69) is 5.32 Å². The number of carbonyl (C=O) groups is 3. The van der Waals surface area contributed by atoms with E-state index in [0.29, 0.717) is 13.0 Å². The van der Waals surface area contributed by atoms with Crippen LogP contribution in [0, 0.1) is 10.8 Å². The van der Waals surface area contributed by atoms with Crippen LogP contribution in [0.1, 0.15) is 47.5 Å². The van der Waals surface area contributed by atoms with E-state index in [0.717, 1.165) is 7.11 Å². The molecule has 0 aromatic heterocycles. The zero-order valence-corrected chi connectivity index (χ0v) is 31.8. The van der Waals surface area contributed by atoms with Gasteiger partial charge < -0.3 is 58.9 Å². The Labute approximate surface area is 307 Å². The molecule has 0 bridgehead atoms. The van der Waals surface area contributed by atoms with Gasteiger partial charge in [0.2, 0.25) is 0 Å². The molecule has 0 saturated carbocycles. The minimum atomic E-state index is -5.05. The molecule has 2 aliphatic rings. The highest BCUT2D eigenvalue weighted by Gasteiger charge is 2.54. The number of ether oxygens (including phenoxy) is 7. The molecule has 22 nitrogen and oxygen atoms in total. The second-order valence-corrected chi connectivity index (χ2v) is 16.1. The third-order valence-corrected chi connectivity index (χ3v) is 10.1. The number of aliphatic carboxylic acids is 1. The SMILES string of the molecule is CCOCCOC(=O)C(C)(CC)CC(C)(C)C(=O)OCCN[C@H]1C(C(=O)O)O[C@@H](O[C@@H]2C(CS(=O)(=O)O)O[C@@H](OC)C(NS(=O)(=O)O)[C@H]2O)C(O)[C@H]1O. The molecule has 2 heterocycles. The molecule has 5 unspecified atom stereocenters. The van der Waals surface area contributed by atoms with Crippen molar-refractivity contribution < 1.29 is 93.9 Å². The lowest BCUT2D eigenvalue weighted by atomic mass is 9.72. The number of hydrogen-bond acceptors (Lipinski definition) is 18. The molecule has 53 heavy (non-hydrogen) atoms. The Bertz CT molecular complexity index is 1450. The van der Waals surface area contributed by atoms with E-state index in [-0.39, 0.29) is 32.8 Å². The van der Waals surface area contributed by atoms with Crippen molar-refractivity contribution in [3.8, 4) is 0 Å². The van der Waals surface area contributed by atoms with E-state index >= 15 is 0 Å². The summed E-state index contributed by atoms with van der Waals surface area (Å²) >= 11 is 0. The molecule has 11 atom stereocenters. The van der Waals surface area contributed by atoms with Crippen molar-refractivity contribution in [3.05, 3.63) is 0 Å². The molecule has 2 saturated heterocycles. The quantitative estimate of drug-likeness (QED) is 0.0330. The average molecular weight is 813 g/mol. The Morgan fingerprint density at radius 1 is 0.830 bits per heavy atom. The molecule has 0 radical (unpaired) electrons. The molecule has 2 fully saturated rings. The second-order valence-electron chi connectivity index (χ2n) is 13.4. The van der Waals surface area contributed by atoms with Gasteiger partial charge in [0.25, 0.3) is 10.1 Å². The fraction of sp³-hybridized carbons (Fsp3) is 0.897. The maximum absolute atomic E-state index is 13.0. The van der Waals surface area contributed by atoms with Gasteiger partial charge in [-0.3, -0.25) is 18.7 Å². The average Bonchev–Trinajstić information content (AvgIpc) is 3.04. The molecular weight excluding hydrogens is 760 g/mol. The van der Waals surface area contributed by atoms with Crippen LogP contribution in [0.25, 0.3) is 0 Å². The van der Waals surface area contributed by atoms with Crippen LogP contribution in [0.4, 0.5) is 0 Å². The van der Waals surface area contributed by atoms with E-state index in [1.54, 1.807) is 39.3 Å². The molecule has 24 heteroatoms. The standard InChI is InChI=1S/C29H52N2O20S2/c1-7-29(5,27(38)48-12-11-46-8-2)14-28(3,4)26(37)47-10-9-30-16-18(32)20(34)25(51-22(16)23(35)36)50-21-15(13-52(39,40)41)49-24(45-6)17(19(21)33)31-53(42,43)44/h15-22,24-25,30-34H,7-14H2,1-6H3,(H,35,36)(H,39,40,41)(H,42,43,44)/t15?,16-,17?,18+,19-,20?,21-,22?,24-,25-,29?/m1/s1. The monoisotopic (exact) mass is 812 g/mol. The van der Waals surface area contributed by atoms with Gasteiger partial charge in [0.05, 0.1) is 23.5 Å². The zero-order chi connectivity index (χ0) is 40.5. The van der Waals surface area contributed by atoms with Crippen LogP contribution >= 0.6 is 0 Å². The van der Waals surface area contributed by atoms with Gasteiger partial charge in [0.1, 0.15) is 55.5 Å². The highest BCUT2D eigenvalue weighted by molar-refractivity contribution is 7.85. The smallest absolute Gasteiger partial charge is 0.334 e. The Hall–Kier alpha value is -2.17. The van der Waals surface area contributed by atoms with Crippen LogP contribution in [0.15, 0.2) is 0 Å². The minimum absolute atomic E-state index is 0.0454. The van der Waals surface area contributed by atoms with E-state index in [1.807, 2.05) is 0 Å². The van der Waals surface area contributed by atoms with E-state index in [4.69, 9.17) is 33.2 Å². The third-order valence-electron chi connectivity index (χ3n) is 8.74. The van der Waals surface area contributed by atoms with Crippen molar-refractivity contribution in [3.63, 3.8) is 0 Å². The topological polar surface area (TPSA) is 330 Å². The number of methoxy groups -OCH3 is 1. The van der Waals surface area contributed by atoms with Crippen molar-refractivity contribution in [2.45, 2.75) is 109 Å². The van der Waals surface area contributed by atoms with Crippen molar-refractivity contribution in [1.29, 1.82) is 0 Å². The van der Waals surface area contributed by atoms with Crippen molar-refractivity contribution in [1.82, 2.24) is 10.0 Å². The second kappa shape index (κ2) is 19.6. The molecule has 2 rings (SSSR count). The summed E-state index contributed by atoms with van der Waals surface area (Å²) in [5, 5.41) is 45.3. The van der Waals surface area contributed by atoms with Crippen LogP contribution in [-0.2, 0) is 68.0 Å². The molecular formula is C29H52N2O20S2. The number of esters is 2. The largest absolute Gasteiger partial charge is 0.479 e. The van der Waals surface area contributed by atoms with Gasteiger partial charge in [-0.1, -0.05) is 6.92 Å². The van der Waals surface area contributed by atoms with Crippen LogP contribution in [0.2, 0.25) is 0 Å². The van der Waals surface area contributed by atoms with E-state index in [9.17, 15) is 60.8 Å². The van der Waals surface area contributed by atoms with Gasteiger partial charge in [0, 0.05) is 20.3 Å². The summed E-state index contributed by atoms with van der Waals surface area (Å²) in [4.78, 5) is 38.0. The lowest BCUT2D eigenvalue weighted by molar-refractivity contribution is -0.328. The Morgan fingerprint density at radius 2 is 1.45 bits per heavy atom. The summed E-state index contributed by atoms with van der Waals surface area (Å²) in [6.07, 6.45) is -15.6. The van der Waals surface area contributed by atoms with Gasteiger partial charge in [-0.15, -0.1) is 0 Å². The molecule has 310 valence electrons. The molecule has 0 aromatic rings. The Balaban J connectivity index is 2.13. The lowest BCUT2D eigenvalue weighted by Crippen LogP contribution is -2.69. The lowest BCUT2D eigenvalue weighted by Gasteiger charge is -2.47. The maximum atomic E-state index is 13.0. The zero-order valence-electron chi connectivity index (χ0n) is 30.1. The first-order chi connectivity index (χ1) is 24.4. The summed E-state index contributed by atoms with van der Waals surface area (Å²) in [5.41, 5.74) is -2.22. The fourth-order valence-corrected chi connectivity index (χ4v) is 7.24. The predicted molar refractivity (Wildman–Crippen MR) is 177 cm³/mol. The predicted octanol–water partition coefficient (Wildman–Crippen LogP) is -2.80. The Morgan fingerprint density at radius 3 is 1.98 bits per heavy atom. The third kappa shape index (κ3) is 13.5. The Kier molecular flexibility index (Phi) is 17.4. The molecule has 0 aliphatic carbocycles. The van der Waals surface area contributed by atoms with Crippen molar-refractivity contribution in [2.75, 3.05) is 45.8 Å². The van der Waals surface area contributed by atoms with Crippen LogP contribution in [0.5, 0.6) is 0 Å². The number of carboxylic acids is 1. The maximum Gasteiger partial charge on any atom is 0.334 e. The van der Waals surface area contributed by atoms with Gasteiger partial charge in [0.15, 0.2) is 18.7 Å². The van der Waals surface area contributed by atoms with Gasteiger partial charge in [-0.05, 0) is 40.5 Å². The van der Waals surface area contributed by atoms with Crippen LogP contribution in [0.3, 0.4) is 0 Å². The van der Waals surface area contributed by atoms with Crippen molar-refractivity contribution in [2.24, 2.45) is 10.8 Å². The summed E-state index contributed by atoms with van der Waals surface area (Å²) in [6, 6.07) is -3.45. The van der Waals surface area contributed by atoms with E-state index in [1.165, 1.54) is 0 Å². The molecule has 0 spiro atoms. The summed E-state index contributed by atoms with van der Waals surface area (Å²) < 4.78 is 104. The van der Waals surface area contributed by atoms with Gasteiger partial charge in [-0.2, -0.15) is 21.6 Å². The highest BCUT2D eigenvalue weighted by Crippen LogP contribution is 2.38. The first kappa shape index (κ1) is 47.0. The number of aliphatic hydroxyl groups is 3. The number of aliphatic hydroxyl groups excluding tert-OH is 3. The normalized spacial score (nSPS) is 31.0. The van der Waals surface area contributed by atoms with Gasteiger partial charge in [-0.25, -0.2) is 4.79 Å². The number of carboxylic acid groups (broad SMARTS) is 1. The van der Waals surface area contributed by atoms with Gasteiger partial charge >= 0.3 is 28.2 Å². The fourth-order valence-electron chi connectivity index (χ4n) is 5.96. The van der Waals surface area contributed by atoms with Crippen LogP contribution in [-0.4, -0.2) is 171 Å². The number of nitrogens with one attached hydrogen (secondary N) is 2. The molecule has 0 amide bonds. The summed E-state index contributed by atoms with van der Waals surface area (Å²) in [5.74, 6) is -4.18.